The Bertz CT molecular complexity index is 317. The lowest BCUT2D eigenvalue weighted by molar-refractivity contribution is 0.828. The minimum Gasteiger partial charge on any atom is -0.294 e. The highest BCUT2D eigenvalue weighted by atomic mass is 79.9. The highest BCUT2D eigenvalue weighted by Gasteiger charge is 1.98. The van der Waals surface area contributed by atoms with Crippen molar-refractivity contribution in [1.82, 2.24) is 5.43 Å². The van der Waals surface area contributed by atoms with Crippen molar-refractivity contribution in [1.29, 1.82) is 5.41 Å². The maximum atomic E-state index is 7.49. The van der Waals surface area contributed by atoms with Gasteiger partial charge in [-0.2, -0.15) is 0 Å². The Hall–Kier alpha value is -1.23. The van der Waals surface area contributed by atoms with Crippen LogP contribution in [0.25, 0.3) is 0 Å². The summed E-state index contributed by atoms with van der Waals surface area (Å²) >= 11 is 3.31. The number of halogens is 1. The lowest BCUT2D eigenvalue weighted by atomic mass is 10.2. The zero-order valence-electron chi connectivity index (χ0n) is 7.08. The molecule has 0 saturated heterocycles. The maximum Gasteiger partial charge on any atom is 0.176 e. The summed E-state index contributed by atoms with van der Waals surface area (Å²) in [6.45, 7) is 0. The number of hydrogen-bond donors (Lipinski definition) is 2. The smallest absolute Gasteiger partial charge is 0.176 e. The first-order valence-electron chi connectivity index (χ1n) is 3.66. The van der Waals surface area contributed by atoms with Crippen LogP contribution in [-0.4, -0.2) is 12.9 Å². The molecule has 1 aromatic carbocycles. The minimum atomic E-state index is 0.141. The molecule has 0 fully saturated rings. The average Bonchev–Trinajstić information content (AvgIpc) is 2.15. The van der Waals surface area contributed by atoms with Gasteiger partial charge in [-0.3, -0.25) is 10.8 Å². The summed E-state index contributed by atoms with van der Waals surface area (Å²) < 4.78 is 0.981. The number of amidine groups is 1. The molecule has 0 radical (unpaired) electrons. The third kappa shape index (κ3) is 2.95. The number of rotatable bonds is 2. The van der Waals surface area contributed by atoms with Gasteiger partial charge in [-0.25, -0.2) is 0 Å². The quantitative estimate of drug-likeness (QED) is 0.355. The lowest BCUT2D eigenvalue weighted by Crippen LogP contribution is -1.97. The number of nitrogens with zero attached hydrogens (tertiary/aromatic N) is 2. The predicted molar refractivity (Wildman–Crippen MR) is 54.9 cm³/mol. The standard InChI is InChI=1S/C8H9BrN4/c1-11-13-12-8(10)6-2-4-7(9)5-3-6/h2-5H,1H3,(H2,10,11,12). The fourth-order valence-corrected chi connectivity index (χ4v) is 1.03. The lowest BCUT2D eigenvalue weighted by Gasteiger charge is -1.96. The summed E-state index contributed by atoms with van der Waals surface area (Å²) in [6, 6.07) is 7.33. The van der Waals surface area contributed by atoms with Gasteiger partial charge in [0.1, 0.15) is 0 Å². The highest BCUT2D eigenvalue weighted by Crippen LogP contribution is 2.11. The van der Waals surface area contributed by atoms with Crippen molar-refractivity contribution in [3.05, 3.63) is 34.3 Å². The van der Waals surface area contributed by atoms with E-state index in [1.807, 2.05) is 12.1 Å². The predicted octanol–water partition coefficient (Wildman–Crippen LogP) is 2.36. The maximum absolute atomic E-state index is 7.49. The molecule has 0 spiro atoms. The van der Waals surface area contributed by atoms with E-state index in [0.29, 0.717) is 0 Å². The molecule has 5 heteroatoms. The van der Waals surface area contributed by atoms with Crippen LogP contribution >= 0.6 is 15.9 Å². The van der Waals surface area contributed by atoms with Crippen LogP contribution in [0.4, 0.5) is 0 Å². The molecule has 0 saturated carbocycles. The summed E-state index contributed by atoms with van der Waals surface area (Å²) in [7, 11) is 1.64. The SMILES string of the molecule is CN/N=N\C(=N)c1ccc(Br)cc1. The molecule has 2 N–H and O–H groups in total. The molecule has 0 aliphatic heterocycles. The van der Waals surface area contributed by atoms with E-state index in [1.54, 1.807) is 19.2 Å². The van der Waals surface area contributed by atoms with Crippen LogP contribution in [0.1, 0.15) is 5.56 Å². The highest BCUT2D eigenvalue weighted by molar-refractivity contribution is 9.10. The Kier molecular flexibility index (Phi) is 3.57. The van der Waals surface area contributed by atoms with E-state index >= 15 is 0 Å². The molecule has 0 heterocycles. The Balaban J connectivity index is 2.78. The topological polar surface area (TPSA) is 60.6 Å². The summed E-state index contributed by atoms with van der Waals surface area (Å²) in [5, 5.41) is 14.6. The molecule has 0 bridgehead atoms. The van der Waals surface area contributed by atoms with Gasteiger partial charge in [0.05, 0.1) is 0 Å². The summed E-state index contributed by atoms with van der Waals surface area (Å²) in [4.78, 5) is 0. The number of benzene rings is 1. The molecule has 0 unspecified atom stereocenters. The largest absolute Gasteiger partial charge is 0.294 e. The molecule has 0 aromatic heterocycles. The van der Waals surface area contributed by atoms with Crippen molar-refractivity contribution in [2.75, 3.05) is 7.05 Å². The van der Waals surface area contributed by atoms with Crippen molar-refractivity contribution in [2.45, 2.75) is 0 Å². The van der Waals surface area contributed by atoms with Gasteiger partial charge in [0, 0.05) is 17.1 Å². The van der Waals surface area contributed by atoms with Gasteiger partial charge < -0.3 is 0 Å². The monoisotopic (exact) mass is 240 g/mol. The summed E-state index contributed by atoms with van der Waals surface area (Å²) in [5.41, 5.74) is 3.23. The zero-order chi connectivity index (χ0) is 9.68. The van der Waals surface area contributed by atoms with Crippen LogP contribution in [0.3, 0.4) is 0 Å². The van der Waals surface area contributed by atoms with E-state index in [1.165, 1.54) is 0 Å². The van der Waals surface area contributed by atoms with Gasteiger partial charge in [0.15, 0.2) is 5.84 Å². The van der Waals surface area contributed by atoms with Crippen LogP contribution in [-0.2, 0) is 0 Å². The first-order valence-corrected chi connectivity index (χ1v) is 4.45. The normalized spacial score (nSPS) is 10.3. The van der Waals surface area contributed by atoms with Gasteiger partial charge in [-0.05, 0) is 12.1 Å². The van der Waals surface area contributed by atoms with E-state index in [0.717, 1.165) is 10.0 Å². The van der Waals surface area contributed by atoms with Crippen LogP contribution < -0.4 is 5.43 Å². The van der Waals surface area contributed by atoms with Crippen molar-refractivity contribution in [2.24, 2.45) is 10.3 Å². The molecule has 68 valence electrons. The molecule has 13 heavy (non-hydrogen) atoms. The molecular formula is C8H9BrN4. The second-order valence-electron chi connectivity index (χ2n) is 2.28. The molecular weight excluding hydrogens is 232 g/mol. The molecule has 0 aliphatic carbocycles. The second-order valence-corrected chi connectivity index (χ2v) is 3.19. The van der Waals surface area contributed by atoms with Gasteiger partial charge in [0.2, 0.25) is 0 Å². The van der Waals surface area contributed by atoms with E-state index in [-0.39, 0.29) is 5.84 Å². The Labute approximate surface area is 84.7 Å². The van der Waals surface area contributed by atoms with Crippen LogP contribution in [0.15, 0.2) is 39.1 Å². The minimum absolute atomic E-state index is 0.141. The Morgan fingerprint density at radius 1 is 1.38 bits per heavy atom. The molecule has 4 nitrogen and oxygen atoms in total. The molecule has 1 rings (SSSR count). The van der Waals surface area contributed by atoms with Gasteiger partial charge in [-0.1, -0.05) is 33.3 Å². The molecule has 1 aromatic rings. The first-order chi connectivity index (χ1) is 6.24. The van der Waals surface area contributed by atoms with Crippen molar-refractivity contribution >= 4 is 21.8 Å². The summed E-state index contributed by atoms with van der Waals surface area (Å²) in [6.07, 6.45) is 0. The molecule has 0 aliphatic rings. The van der Waals surface area contributed by atoms with Gasteiger partial charge in [0.25, 0.3) is 0 Å². The third-order valence-corrected chi connectivity index (χ3v) is 1.90. The van der Waals surface area contributed by atoms with E-state index < -0.39 is 0 Å². The Morgan fingerprint density at radius 2 is 2.00 bits per heavy atom. The average molecular weight is 241 g/mol. The number of hydrogen-bond acceptors (Lipinski definition) is 2. The fourth-order valence-electron chi connectivity index (χ4n) is 0.765. The molecule has 0 atom stereocenters. The van der Waals surface area contributed by atoms with Crippen LogP contribution in [0, 0.1) is 5.41 Å². The van der Waals surface area contributed by atoms with Crippen LogP contribution in [0.2, 0.25) is 0 Å². The van der Waals surface area contributed by atoms with E-state index in [2.05, 4.69) is 31.7 Å². The van der Waals surface area contributed by atoms with Crippen molar-refractivity contribution in [3.63, 3.8) is 0 Å². The van der Waals surface area contributed by atoms with Gasteiger partial charge in [-0.15, -0.1) is 5.11 Å². The van der Waals surface area contributed by atoms with Crippen LogP contribution in [0.5, 0.6) is 0 Å². The van der Waals surface area contributed by atoms with E-state index in [4.69, 9.17) is 5.41 Å². The van der Waals surface area contributed by atoms with E-state index in [9.17, 15) is 0 Å². The first kappa shape index (κ1) is 9.85. The summed E-state index contributed by atoms with van der Waals surface area (Å²) in [5.74, 6) is 0.141. The molecule has 0 amide bonds. The Morgan fingerprint density at radius 3 is 2.54 bits per heavy atom. The number of nitrogens with one attached hydrogen (secondary N) is 2. The second kappa shape index (κ2) is 4.71. The van der Waals surface area contributed by atoms with Crippen molar-refractivity contribution in [3.8, 4) is 0 Å². The zero-order valence-corrected chi connectivity index (χ0v) is 8.67. The third-order valence-electron chi connectivity index (χ3n) is 1.37. The van der Waals surface area contributed by atoms with Gasteiger partial charge >= 0.3 is 0 Å². The fraction of sp³-hybridized carbons (Fsp3) is 0.125. The van der Waals surface area contributed by atoms with Crippen molar-refractivity contribution < 1.29 is 0 Å².